The van der Waals surface area contributed by atoms with Gasteiger partial charge in [0.1, 0.15) is 0 Å². The molecule has 22 heavy (non-hydrogen) atoms. The van der Waals surface area contributed by atoms with E-state index in [0.717, 1.165) is 24.9 Å². The third-order valence-corrected chi connectivity index (χ3v) is 4.22. The number of ether oxygens (including phenoxy) is 1. The minimum Gasteiger partial charge on any atom is -0.367 e. The summed E-state index contributed by atoms with van der Waals surface area (Å²) < 4.78 is 7.55. The zero-order chi connectivity index (χ0) is 15.4. The number of rotatable bonds is 4. The van der Waals surface area contributed by atoms with Crippen LogP contribution in [0.4, 0.5) is 0 Å². The molecule has 0 aliphatic carbocycles. The van der Waals surface area contributed by atoms with Crippen LogP contribution in [0.3, 0.4) is 0 Å². The molecule has 1 fully saturated rings. The summed E-state index contributed by atoms with van der Waals surface area (Å²) in [5.41, 5.74) is 0.903. The maximum Gasteiger partial charge on any atom is 0.256 e. The molecule has 0 saturated carbocycles. The lowest BCUT2D eigenvalue weighted by Crippen LogP contribution is -2.43. The monoisotopic (exact) mass is 299 g/mol. The number of likely N-dealkylation sites (tertiary alicyclic amines) is 1. The normalized spacial score (nSPS) is 19.9. The van der Waals surface area contributed by atoms with Crippen molar-refractivity contribution in [2.75, 3.05) is 20.2 Å². The van der Waals surface area contributed by atoms with Gasteiger partial charge in [-0.25, -0.2) is 4.98 Å². The van der Waals surface area contributed by atoms with Crippen LogP contribution < -0.4 is 0 Å². The maximum absolute atomic E-state index is 12.8. The molecule has 1 saturated heterocycles. The molecule has 0 N–H and O–H groups in total. The van der Waals surface area contributed by atoms with Crippen molar-refractivity contribution in [2.45, 2.75) is 25.0 Å². The Bertz CT molecular complexity index is 598. The van der Waals surface area contributed by atoms with Crippen LogP contribution in [0.15, 0.2) is 49.1 Å². The van der Waals surface area contributed by atoms with E-state index < -0.39 is 6.10 Å². The van der Waals surface area contributed by atoms with E-state index in [2.05, 4.69) is 9.55 Å². The van der Waals surface area contributed by atoms with E-state index in [0.29, 0.717) is 12.6 Å². The van der Waals surface area contributed by atoms with Crippen molar-refractivity contribution in [2.24, 2.45) is 0 Å². The number of amides is 1. The first-order valence-corrected chi connectivity index (χ1v) is 7.63. The number of hydrogen-bond acceptors (Lipinski definition) is 3. The second-order valence-electron chi connectivity index (χ2n) is 5.62. The Morgan fingerprint density at radius 2 is 2.18 bits per heavy atom. The molecule has 1 aromatic carbocycles. The van der Waals surface area contributed by atoms with Gasteiger partial charge in [-0.1, -0.05) is 30.3 Å². The molecule has 0 unspecified atom stereocenters. The maximum atomic E-state index is 12.8. The van der Waals surface area contributed by atoms with E-state index in [1.165, 1.54) is 0 Å². The van der Waals surface area contributed by atoms with Crippen molar-refractivity contribution in [1.82, 2.24) is 14.5 Å². The van der Waals surface area contributed by atoms with E-state index >= 15 is 0 Å². The second-order valence-corrected chi connectivity index (χ2v) is 5.62. The fourth-order valence-corrected chi connectivity index (χ4v) is 3.06. The molecule has 0 radical (unpaired) electrons. The number of imidazole rings is 1. The zero-order valence-electron chi connectivity index (χ0n) is 12.8. The topological polar surface area (TPSA) is 47.4 Å². The summed E-state index contributed by atoms with van der Waals surface area (Å²) in [6, 6.07) is 9.97. The Balaban J connectivity index is 1.73. The SMILES string of the molecule is CO[C@H](C(=O)N1CCC[C@H](n2ccnc2)C1)c1ccccc1. The number of benzene rings is 1. The van der Waals surface area contributed by atoms with Gasteiger partial charge in [0.05, 0.1) is 12.4 Å². The number of aromatic nitrogens is 2. The minimum absolute atomic E-state index is 0.0403. The molecule has 1 aliphatic heterocycles. The van der Waals surface area contributed by atoms with Crippen molar-refractivity contribution < 1.29 is 9.53 Å². The molecule has 1 aliphatic rings. The third kappa shape index (κ3) is 3.04. The summed E-state index contributed by atoms with van der Waals surface area (Å²) in [6.45, 7) is 1.50. The van der Waals surface area contributed by atoms with Crippen molar-refractivity contribution in [3.05, 3.63) is 54.6 Å². The number of methoxy groups -OCH3 is 1. The zero-order valence-corrected chi connectivity index (χ0v) is 12.8. The van der Waals surface area contributed by atoms with Crippen molar-refractivity contribution in [3.8, 4) is 0 Å². The predicted octanol–water partition coefficient (Wildman–Crippen LogP) is 2.43. The van der Waals surface area contributed by atoms with Gasteiger partial charge < -0.3 is 14.2 Å². The molecule has 2 aromatic rings. The highest BCUT2D eigenvalue weighted by Crippen LogP contribution is 2.25. The highest BCUT2D eigenvalue weighted by atomic mass is 16.5. The van der Waals surface area contributed by atoms with Gasteiger partial charge in [-0.15, -0.1) is 0 Å². The summed E-state index contributed by atoms with van der Waals surface area (Å²) in [6.07, 6.45) is 7.11. The molecule has 0 bridgehead atoms. The molecule has 1 aromatic heterocycles. The van der Waals surface area contributed by atoms with Gasteiger partial charge in [0.2, 0.25) is 0 Å². The summed E-state index contributed by atoms with van der Waals surface area (Å²) in [4.78, 5) is 18.8. The quantitative estimate of drug-likeness (QED) is 0.871. The smallest absolute Gasteiger partial charge is 0.256 e. The van der Waals surface area contributed by atoms with Gasteiger partial charge in [0, 0.05) is 32.6 Å². The first-order valence-electron chi connectivity index (χ1n) is 7.63. The molecule has 2 heterocycles. The van der Waals surface area contributed by atoms with Crippen LogP contribution in [0.5, 0.6) is 0 Å². The Labute approximate surface area is 130 Å². The average Bonchev–Trinajstić information content (AvgIpc) is 3.11. The Kier molecular flexibility index (Phi) is 4.53. The van der Waals surface area contributed by atoms with Crippen LogP contribution in [0.1, 0.15) is 30.6 Å². The van der Waals surface area contributed by atoms with Gasteiger partial charge in [-0.2, -0.15) is 0 Å². The van der Waals surface area contributed by atoms with Crippen LogP contribution >= 0.6 is 0 Å². The summed E-state index contributed by atoms with van der Waals surface area (Å²) in [5, 5.41) is 0. The van der Waals surface area contributed by atoms with Crippen LogP contribution in [0.2, 0.25) is 0 Å². The van der Waals surface area contributed by atoms with Crippen LogP contribution in [-0.4, -0.2) is 40.6 Å². The summed E-state index contributed by atoms with van der Waals surface area (Å²) in [7, 11) is 1.59. The number of carbonyl (C=O) groups excluding carboxylic acids is 1. The molecule has 116 valence electrons. The van der Waals surface area contributed by atoms with Crippen LogP contribution in [-0.2, 0) is 9.53 Å². The summed E-state index contributed by atoms with van der Waals surface area (Å²) >= 11 is 0. The number of piperidine rings is 1. The fraction of sp³-hybridized carbons (Fsp3) is 0.412. The lowest BCUT2D eigenvalue weighted by molar-refractivity contribution is -0.144. The largest absolute Gasteiger partial charge is 0.367 e. The lowest BCUT2D eigenvalue weighted by Gasteiger charge is -2.35. The number of hydrogen-bond donors (Lipinski definition) is 0. The molecule has 0 spiro atoms. The van der Waals surface area contributed by atoms with Gasteiger partial charge in [0.25, 0.3) is 5.91 Å². The molecule has 5 nitrogen and oxygen atoms in total. The van der Waals surface area contributed by atoms with E-state index in [9.17, 15) is 4.79 Å². The van der Waals surface area contributed by atoms with Gasteiger partial charge in [-0.05, 0) is 18.4 Å². The molecular weight excluding hydrogens is 278 g/mol. The van der Waals surface area contributed by atoms with Crippen molar-refractivity contribution in [1.29, 1.82) is 0 Å². The molecular formula is C17H21N3O2. The highest BCUT2D eigenvalue weighted by molar-refractivity contribution is 5.82. The van der Waals surface area contributed by atoms with E-state index in [1.807, 2.05) is 47.8 Å². The van der Waals surface area contributed by atoms with Crippen LogP contribution in [0.25, 0.3) is 0 Å². The Morgan fingerprint density at radius 1 is 1.36 bits per heavy atom. The summed E-state index contributed by atoms with van der Waals surface area (Å²) in [5.74, 6) is 0.0403. The highest BCUT2D eigenvalue weighted by Gasteiger charge is 2.30. The first-order chi connectivity index (χ1) is 10.8. The molecule has 2 atom stereocenters. The third-order valence-electron chi connectivity index (χ3n) is 4.22. The molecule has 1 amide bonds. The predicted molar refractivity (Wildman–Crippen MR) is 83.3 cm³/mol. The van der Waals surface area contributed by atoms with E-state index in [1.54, 1.807) is 13.3 Å². The van der Waals surface area contributed by atoms with Gasteiger partial charge >= 0.3 is 0 Å². The Hall–Kier alpha value is -2.14. The van der Waals surface area contributed by atoms with Gasteiger partial charge in [0.15, 0.2) is 6.10 Å². The van der Waals surface area contributed by atoms with E-state index in [4.69, 9.17) is 4.74 Å². The lowest BCUT2D eigenvalue weighted by atomic mass is 10.0. The average molecular weight is 299 g/mol. The van der Waals surface area contributed by atoms with Gasteiger partial charge in [-0.3, -0.25) is 4.79 Å². The fourth-order valence-electron chi connectivity index (χ4n) is 3.06. The number of carbonyl (C=O) groups is 1. The standard InChI is InChI=1S/C17H21N3O2/c1-22-16(14-6-3-2-4-7-14)17(21)19-10-5-8-15(12-19)20-11-9-18-13-20/h2-4,6-7,9,11,13,15-16H,5,8,10,12H2,1H3/t15-,16-/m0/s1. The Morgan fingerprint density at radius 3 is 2.86 bits per heavy atom. The van der Waals surface area contributed by atoms with Crippen molar-refractivity contribution in [3.63, 3.8) is 0 Å². The van der Waals surface area contributed by atoms with Crippen molar-refractivity contribution >= 4 is 5.91 Å². The molecule has 3 rings (SSSR count). The second kappa shape index (κ2) is 6.75. The first kappa shape index (κ1) is 14.8. The van der Waals surface area contributed by atoms with E-state index in [-0.39, 0.29) is 5.91 Å². The minimum atomic E-state index is -0.525. The number of nitrogens with zero attached hydrogens (tertiary/aromatic N) is 3. The molecule has 5 heteroatoms. The van der Waals surface area contributed by atoms with Crippen LogP contribution in [0, 0.1) is 0 Å².